The average Bonchev–Trinajstić information content (AvgIpc) is 3.29. The Kier molecular flexibility index (Phi) is 13.4. The molecule has 0 spiro atoms. The van der Waals surface area contributed by atoms with Crippen LogP contribution in [0, 0.1) is 0 Å². The molecule has 4 nitrogen and oxygen atoms in total. The zero-order chi connectivity index (χ0) is 38.5. The molecule has 0 atom stereocenters. The summed E-state index contributed by atoms with van der Waals surface area (Å²) >= 11 is 7.17. The van der Waals surface area contributed by atoms with Gasteiger partial charge in [0.1, 0.15) is 0 Å². The van der Waals surface area contributed by atoms with Crippen LogP contribution in [0.15, 0.2) is 251 Å². The van der Waals surface area contributed by atoms with Crippen molar-refractivity contribution in [3.05, 3.63) is 231 Å². The molecule has 0 aliphatic heterocycles. The predicted octanol–water partition coefficient (Wildman–Crippen LogP) is 11.0. The minimum atomic E-state index is -1.96. The summed E-state index contributed by atoms with van der Waals surface area (Å²) in [4.78, 5) is 0. The summed E-state index contributed by atoms with van der Waals surface area (Å²) in [6, 6.07) is 78.9. The Morgan fingerprint density at radius 1 is 0.250 bits per heavy atom. The Morgan fingerprint density at radius 2 is 0.482 bits per heavy atom. The van der Waals surface area contributed by atoms with Crippen molar-refractivity contribution in [2.75, 3.05) is 0 Å². The van der Waals surface area contributed by atoms with Crippen LogP contribution in [0.3, 0.4) is 0 Å². The molecule has 8 heteroatoms. The van der Waals surface area contributed by atoms with E-state index in [0.29, 0.717) is 0 Å². The molecular formula is C48H38N4P2Se2. The second-order valence-electron chi connectivity index (χ2n) is 12.6. The van der Waals surface area contributed by atoms with Crippen LogP contribution in [-0.4, -0.2) is 30.2 Å². The van der Waals surface area contributed by atoms with Crippen molar-refractivity contribution in [2.45, 2.75) is 0 Å². The van der Waals surface area contributed by atoms with Crippen molar-refractivity contribution in [1.82, 2.24) is 0 Å². The van der Waals surface area contributed by atoms with Crippen LogP contribution in [0.2, 0.25) is 0 Å². The van der Waals surface area contributed by atoms with Gasteiger partial charge in [0.25, 0.3) is 0 Å². The second-order valence-corrected chi connectivity index (χ2v) is 25.0. The van der Waals surface area contributed by atoms with Crippen LogP contribution >= 0.6 is 11.0 Å². The summed E-state index contributed by atoms with van der Waals surface area (Å²) in [6.45, 7) is 0. The Hall–Kier alpha value is -5.14. The molecule has 0 saturated carbocycles. The number of rotatable bonds is 10. The molecule has 0 unspecified atom stereocenters. The molecule has 8 rings (SSSR count). The van der Waals surface area contributed by atoms with Crippen LogP contribution in [0.25, 0.3) is 0 Å². The zero-order valence-electron chi connectivity index (χ0n) is 30.4. The molecule has 0 saturated heterocycles. The molecule has 272 valence electrons. The first-order chi connectivity index (χ1) is 27.6. The third-order valence-corrected chi connectivity index (χ3v) is 23.0. The summed E-state index contributed by atoms with van der Waals surface area (Å²) in [5.41, 5.74) is -0.443. The topological polar surface area (TPSA) is 49.4 Å². The van der Waals surface area contributed by atoms with Crippen molar-refractivity contribution in [1.29, 1.82) is 0 Å². The van der Waals surface area contributed by atoms with Gasteiger partial charge in [0.15, 0.2) is 0 Å². The molecule has 8 aromatic rings. The molecule has 56 heavy (non-hydrogen) atoms. The van der Waals surface area contributed by atoms with Gasteiger partial charge in [-0.15, -0.1) is 0 Å². The monoisotopic (exact) mass is 892 g/mol. The van der Waals surface area contributed by atoms with Gasteiger partial charge in [0.2, 0.25) is 0 Å². The molecule has 8 aromatic carbocycles. The van der Waals surface area contributed by atoms with Crippen LogP contribution in [0.1, 0.15) is 0 Å². The number of azo groups is 2. The van der Waals surface area contributed by atoms with Crippen molar-refractivity contribution in [3.8, 4) is 0 Å². The Labute approximate surface area is 344 Å². The standard InChI is InChI=1S/2C24H19N2PSe/c2*28-27(21-14-6-2-7-15-21,22-16-8-3-9-17-22)24-19-11-10-18-23(24)26-25-20-12-4-1-5-13-20/h2*1-19H. The summed E-state index contributed by atoms with van der Waals surface area (Å²) < 4.78 is 0. The van der Waals surface area contributed by atoms with Gasteiger partial charge in [-0.1, -0.05) is 0 Å². The van der Waals surface area contributed by atoms with E-state index in [9.17, 15) is 0 Å². The summed E-state index contributed by atoms with van der Waals surface area (Å²) in [5, 5.41) is 25.7. The van der Waals surface area contributed by atoms with E-state index in [2.05, 4.69) is 196 Å². The maximum absolute atomic E-state index is 4.63. The fourth-order valence-electron chi connectivity index (χ4n) is 6.25. The SMILES string of the molecule is [Se]=P(c1ccccc1)(c1ccccc1)c1ccccc1N=Nc1ccccc1.[Se]=P(c1ccccc1)(c1ccccc1)c1ccccc1N=Nc1ccccc1. The normalized spacial score (nSPS) is 11.6. The predicted molar refractivity (Wildman–Crippen MR) is 243 cm³/mol. The number of hydrogen-bond acceptors (Lipinski definition) is 4. The number of hydrogen-bond donors (Lipinski definition) is 0. The van der Waals surface area contributed by atoms with E-state index in [1.807, 2.05) is 84.9 Å². The molecule has 0 aromatic heterocycles. The first-order valence-electron chi connectivity index (χ1n) is 18.1. The third-order valence-electron chi connectivity index (χ3n) is 8.98. The average molecular weight is 891 g/mol. The van der Waals surface area contributed by atoms with E-state index < -0.39 is 11.0 Å². The number of nitrogens with zero attached hydrogens (tertiary/aromatic N) is 4. The molecule has 0 bridgehead atoms. The van der Waals surface area contributed by atoms with Gasteiger partial charge < -0.3 is 0 Å². The van der Waals surface area contributed by atoms with E-state index in [0.717, 1.165) is 22.7 Å². The molecule has 0 aliphatic carbocycles. The molecule has 0 aliphatic rings. The molecule has 0 heterocycles. The maximum atomic E-state index is 4.63. The van der Waals surface area contributed by atoms with Crippen molar-refractivity contribution in [2.24, 2.45) is 20.5 Å². The van der Waals surface area contributed by atoms with Crippen LogP contribution in [0.4, 0.5) is 22.7 Å². The van der Waals surface area contributed by atoms with Crippen molar-refractivity contribution >= 4 is 95.8 Å². The summed E-state index contributed by atoms with van der Waals surface area (Å²) in [5.74, 6) is 0. The Balaban J connectivity index is 0.000000172. The van der Waals surface area contributed by atoms with E-state index in [1.54, 1.807) is 0 Å². The van der Waals surface area contributed by atoms with Crippen LogP contribution in [0.5, 0.6) is 0 Å². The van der Waals surface area contributed by atoms with Gasteiger partial charge >= 0.3 is 347 Å². The first kappa shape index (κ1) is 39.1. The molecule has 0 amide bonds. The summed E-state index contributed by atoms with van der Waals surface area (Å²) in [6.07, 6.45) is 0. The van der Waals surface area contributed by atoms with Crippen molar-refractivity contribution in [3.63, 3.8) is 0 Å². The molecule has 0 fully saturated rings. The van der Waals surface area contributed by atoms with E-state index >= 15 is 0 Å². The van der Waals surface area contributed by atoms with Gasteiger partial charge in [-0.25, -0.2) is 0 Å². The Bertz CT molecular complexity index is 2350. The first-order valence-corrected chi connectivity index (χ1v) is 26.1. The van der Waals surface area contributed by atoms with E-state index in [4.69, 9.17) is 0 Å². The van der Waals surface area contributed by atoms with Gasteiger partial charge in [-0.3, -0.25) is 0 Å². The fourth-order valence-corrected chi connectivity index (χ4v) is 16.8. The third kappa shape index (κ3) is 9.11. The molecule has 0 N–H and O–H groups in total. The number of benzene rings is 8. The fraction of sp³-hybridized carbons (Fsp3) is 0. The second kappa shape index (κ2) is 19.1. The van der Waals surface area contributed by atoms with Gasteiger partial charge in [0, 0.05) is 0 Å². The minimum absolute atomic E-state index is 0.848. The van der Waals surface area contributed by atoms with E-state index in [1.165, 1.54) is 31.8 Å². The molecule has 0 radical (unpaired) electrons. The van der Waals surface area contributed by atoms with Crippen LogP contribution < -0.4 is 31.8 Å². The van der Waals surface area contributed by atoms with Crippen LogP contribution in [-0.2, 0) is 0 Å². The van der Waals surface area contributed by atoms with Crippen molar-refractivity contribution < 1.29 is 0 Å². The van der Waals surface area contributed by atoms with E-state index in [-0.39, 0.29) is 0 Å². The van der Waals surface area contributed by atoms with Gasteiger partial charge in [-0.05, 0) is 0 Å². The van der Waals surface area contributed by atoms with Gasteiger partial charge in [0.05, 0.1) is 0 Å². The summed E-state index contributed by atoms with van der Waals surface area (Å²) in [7, 11) is 0. The quantitative estimate of drug-likeness (QED) is 0.0746. The van der Waals surface area contributed by atoms with Gasteiger partial charge in [-0.2, -0.15) is 0 Å². The Morgan fingerprint density at radius 3 is 0.768 bits per heavy atom. The zero-order valence-corrected chi connectivity index (χ0v) is 35.7. The molecular weight excluding hydrogens is 852 g/mol.